The van der Waals surface area contributed by atoms with Crippen molar-refractivity contribution in [2.75, 3.05) is 13.1 Å². The summed E-state index contributed by atoms with van der Waals surface area (Å²) in [5, 5.41) is 10.3. The van der Waals surface area contributed by atoms with Gasteiger partial charge in [-0.15, -0.1) is 0 Å². The van der Waals surface area contributed by atoms with E-state index in [2.05, 4.69) is 29.5 Å². The fraction of sp³-hybridized carbons (Fsp3) is 0.696. The van der Waals surface area contributed by atoms with Gasteiger partial charge in [0.2, 0.25) is 5.91 Å². The summed E-state index contributed by atoms with van der Waals surface area (Å²) < 4.78 is 7.22. The first-order valence-electron chi connectivity index (χ1n) is 10.9. The van der Waals surface area contributed by atoms with E-state index in [0.29, 0.717) is 12.2 Å². The minimum absolute atomic E-state index is 0.139. The average molecular weight is 503 g/mol. The van der Waals surface area contributed by atoms with E-state index in [1.54, 1.807) is 0 Å². The Morgan fingerprint density at radius 2 is 1.71 bits per heavy atom. The number of aromatic hydroxyl groups is 1. The van der Waals surface area contributed by atoms with Crippen LogP contribution in [-0.4, -0.2) is 35.1 Å². The van der Waals surface area contributed by atoms with E-state index in [1.165, 1.54) is 12.8 Å². The Hall–Kier alpha value is -0.980. The van der Waals surface area contributed by atoms with Gasteiger partial charge in [-0.1, -0.05) is 26.7 Å². The number of halogens is 1. The van der Waals surface area contributed by atoms with Gasteiger partial charge in [-0.3, -0.25) is 4.79 Å². The molecule has 0 aliphatic heterocycles. The van der Waals surface area contributed by atoms with Gasteiger partial charge in [-0.2, -0.15) is 0 Å². The first-order valence-corrected chi connectivity index (χ1v) is 12.0. The van der Waals surface area contributed by atoms with Crippen molar-refractivity contribution in [1.82, 2.24) is 4.90 Å². The number of carbonyl (C=O) groups excluding carboxylic acids is 1. The predicted molar refractivity (Wildman–Crippen MR) is 125 cm³/mol. The smallest absolute Gasteiger partial charge is 0.222 e. The summed E-state index contributed by atoms with van der Waals surface area (Å²) in [5.41, 5.74) is 0.893. The summed E-state index contributed by atoms with van der Waals surface area (Å²) in [6.45, 7) is 9.88. The van der Waals surface area contributed by atoms with Gasteiger partial charge in [0.05, 0.1) is 9.67 Å². The third-order valence-corrected chi connectivity index (χ3v) is 6.12. The first-order chi connectivity index (χ1) is 13.5. The van der Waals surface area contributed by atoms with Crippen LogP contribution in [0.2, 0.25) is 0 Å². The number of amides is 1. The highest BCUT2D eigenvalue weighted by molar-refractivity contribution is 14.1. The molecule has 1 N–H and O–H groups in total. The van der Waals surface area contributed by atoms with Gasteiger partial charge in [0, 0.05) is 25.1 Å². The fourth-order valence-corrected chi connectivity index (χ4v) is 3.99. The zero-order chi connectivity index (χ0) is 20.9. The van der Waals surface area contributed by atoms with Crippen molar-refractivity contribution >= 4 is 28.5 Å². The van der Waals surface area contributed by atoms with Gasteiger partial charge in [0.25, 0.3) is 0 Å². The van der Waals surface area contributed by atoms with E-state index >= 15 is 0 Å². The zero-order valence-electron chi connectivity index (χ0n) is 18.1. The Morgan fingerprint density at radius 1 is 1.07 bits per heavy atom. The van der Waals surface area contributed by atoms with Crippen LogP contribution in [0.4, 0.5) is 0 Å². The highest BCUT2D eigenvalue weighted by Gasteiger charge is 2.17. The van der Waals surface area contributed by atoms with Gasteiger partial charge >= 0.3 is 0 Å². The lowest BCUT2D eigenvalue weighted by Gasteiger charge is -2.22. The Morgan fingerprint density at radius 3 is 2.29 bits per heavy atom. The quantitative estimate of drug-likeness (QED) is 0.239. The zero-order valence-corrected chi connectivity index (χ0v) is 20.3. The number of phenols is 1. The Kier molecular flexibility index (Phi) is 12.6. The number of carbonyl (C=O) groups is 1. The number of benzene rings is 1. The molecule has 1 unspecified atom stereocenters. The van der Waals surface area contributed by atoms with Crippen LogP contribution in [0.15, 0.2) is 12.1 Å². The van der Waals surface area contributed by atoms with Gasteiger partial charge in [0.1, 0.15) is 11.5 Å². The Labute approximate surface area is 185 Å². The predicted octanol–water partition coefficient (Wildman–Crippen LogP) is 6.32. The first kappa shape index (κ1) is 25.1. The van der Waals surface area contributed by atoms with E-state index in [0.717, 1.165) is 66.5 Å². The molecule has 0 aliphatic rings. The summed E-state index contributed by atoms with van der Waals surface area (Å²) >= 11 is 2.15. The third-order valence-electron chi connectivity index (χ3n) is 5.25. The van der Waals surface area contributed by atoms with Crippen LogP contribution >= 0.6 is 22.6 Å². The van der Waals surface area contributed by atoms with Crippen LogP contribution < -0.4 is 4.74 Å². The maximum absolute atomic E-state index is 12.2. The summed E-state index contributed by atoms with van der Waals surface area (Å²) in [7, 11) is 0. The number of hydrogen-bond acceptors (Lipinski definition) is 3. The van der Waals surface area contributed by atoms with Gasteiger partial charge < -0.3 is 14.7 Å². The van der Waals surface area contributed by atoms with Crippen LogP contribution in [0, 0.1) is 3.57 Å². The van der Waals surface area contributed by atoms with Crippen molar-refractivity contribution in [2.24, 2.45) is 0 Å². The molecule has 160 valence electrons. The van der Waals surface area contributed by atoms with Crippen molar-refractivity contribution in [3.05, 3.63) is 21.3 Å². The lowest BCUT2D eigenvalue weighted by atomic mass is 10.0. The molecular weight excluding hydrogens is 465 g/mol. The number of rotatable bonds is 14. The maximum Gasteiger partial charge on any atom is 0.222 e. The van der Waals surface area contributed by atoms with Crippen LogP contribution in [0.3, 0.4) is 0 Å². The summed E-state index contributed by atoms with van der Waals surface area (Å²) in [4.78, 5) is 14.1. The van der Waals surface area contributed by atoms with Crippen molar-refractivity contribution in [2.45, 2.75) is 91.6 Å². The number of hydrogen-bond donors (Lipinski definition) is 1. The lowest BCUT2D eigenvalue weighted by molar-refractivity contribution is -0.130. The Balaban J connectivity index is 2.66. The van der Waals surface area contributed by atoms with Crippen molar-refractivity contribution in [3.63, 3.8) is 0 Å². The molecule has 1 atom stereocenters. The average Bonchev–Trinajstić information content (AvgIpc) is 2.69. The number of nitrogens with zero attached hydrogens (tertiary/aromatic N) is 1. The molecule has 0 aliphatic carbocycles. The van der Waals surface area contributed by atoms with Gasteiger partial charge in [0.15, 0.2) is 0 Å². The molecule has 0 aromatic heterocycles. The van der Waals surface area contributed by atoms with Crippen LogP contribution in [0.25, 0.3) is 0 Å². The largest absolute Gasteiger partial charge is 0.506 e. The van der Waals surface area contributed by atoms with Crippen molar-refractivity contribution < 1.29 is 14.6 Å². The molecule has 0 bridgehead atoms. The van der Waals surface area contributed by atoms with Crippen LogP contribution in [-0.2, 0) is 11.2 Å². The van der Waals surface area contributed by atoms with E-state index < -0.39 is 0 Å². The molecule has 1 rings (SSSR count). The highest BCUT2D eigenvalue weighted by Crippen LogP contribution is 2.34. The summed E-state index contributed by atoms with van der Waals surface area (Å²) in [5.74, 6) is 1.41. The maximum atomic E-state index is 12.2. The molecule has 1 aromatic carbocycles. The molecule has 0 heterocycles. The molecule has 0 saturated carbocycles. The fourth-order valence-electron chi connectivity index (χ4n) is 3.49. The minimum atomic E-state index is 0.139. The second-order valence-corrected chi connectivity index (χ2v) is 8.44. The lowest BCUT2D eigenvalue weighted by Crippen LogP contribution is -2.30. The molecule has 0 radical (unpaired) electrons. The molecule has 0 fully saturated rings. The number of phenolic OH excluding ortho intramolecular Hbond substituents is 1. The van der Waals surface area contributed by atoms with E-state index in [-0.39, 0.29) is 12.0 Å². The summed E-state index contributed by atoms with van der Waals surface area (Å²) in [6.07, 6.45) is 8.92. The van der Waals surface area contributed by atoms with E-state index in [4.69, 9.17) is 4.74 Å². The Bertz CT molecular complexity index is 587. The topological polar surface area (TPSA) is 49.8 Å². The second-order valence-electron chi connectivity index (χ2n) is 7.27. The highest BCUT2D eigenvalue weighted by atomic mass is 127. The van der Waals surface area contributed by atoms with E-state index in [9.17, 15) is 9.90 Å². The number of ether oxygens (including phenoxy) is 1. The SMILES string of the molecule is CCCCCC(CCCCC(=O)N(CC)CC)Oc1ccc(I)c(O)c1CC. The van der Waals surface area contributed by atoms with Crippen LogP contribution in [0.1, 0.15) is 84.6 Å². The van der Waals surface area contributed by atoms with Crippen molar-refractivity contribution in [1.29, 1.82) is 0 Å². The molecule has 0 spiro atoms. The van der Waals surface area contributed by atoms with Gasteiger partial charge in [-0.25, -0.2) is 0 Å². The third kappa shape index (κ3) is 8.18. The molecule has 4 nitrogen and oxygen atoms in total. The van der Waals surface area contributed by atoms with E-state index in [1.807, 2.05) is 37.8 Å². The molecule has 1 aromatic rings. The summed E-state index contributed by atoms with van der Waals surface area (Å²) in [6, 6.07) is 3.90. The molecule has 1 amide bonds. The monoisotopic (exact) mass is 503 g/mol. The minimum Gasteiger partial charge on any atom is -0.506 e. The standard InChI is InChI=1S/C23H38INO3/c1-5-9-10-13-18(14-11-12-15-22(26)25(7-3)8-4)28-21-17-16-20(24)23(27)19(21)6-2/h16-18,27H,5-15H2,1-4H3. The number of unbranched alkanes of at least 4 members (excludes halogenated alkanes) is 3. The van der Waals surface area contributed by atoms with Crippen molar-refractivity contribution in [3.8, 4) is 11.5 Å². The van der Waals surface area contributed by atoms with Crippen LogP contribution in [0.5, 0.6) is 11.5 Å². The normalized spacial score (nSPS) is 12.0. The second kappa shape index (κ2) is 14.1. The molecular formula is C23H38INO3. The molecule has 28 heavy (non-hydrogen) atoms. The van der Waals surface area contributed by atoms with Gasteiger partial charge in [-0.05, 0) is 87.1 Å². The molecule has 5 heteroatoms. The molecule has 0 saturated heterocycles.